The number of rotatable bonds is 3. The molecule has 0 radical (unpaired) electrons. The SMILES string of the molecule is CC(=NO)c1ccccc1-c1ccc(CN)cc1. The van der Waals surface area contributed by atoms with Crippen molar-refractivity contribution < 1.29 is 5.21 Å². The van der Waals surface area contributed by atoms with Gasteiger partial charge in [0, 0.05) is 12.1 Å². The van der Waals surface area contributed by atoms with Gasteiger partial charge in [0.25, 0.3) is 0 Å². The zero-order chi connectivity index (χ0) is 13.0. The van der Waals surface area contributed by atoms with Gasteiger partial charge in [-0.1, -0.05) is 53.7 Å². The van der Waals surface area contributed by atoms with Gasteiger partial charge in [0.2, 0.25) is 0 Å². The van der Waals surface area contributed by atoms with Crippen molar-refractivity contribution in [1.29, 1.82) is 0 Å². The number of nitrogens with two attached hydrogens (primary N) is 1. The van der Waals surface area contributed by atoms with Crippen LogP contribution in [0.15, 0.2) is 53.7 Å². The van der Waals surface area contributed by atoms with Crippen molar-refractivity contribution in [3.63, 3.8) is 0 Å². The predicted molar refractivity (Wildman–Crippen MR) is 73.8 cm³/mol. The van der Waals surface area contributed by atoms with Crippen LogP contribution in [-0.2, 0) is 6.54 Å². The molecule has 0 aliphatic carbocycles. The quantitative estimate of drug-likeness (QED) is 0.492. The Bertz CT molecular complexity index is 559. The Kier molecular flexibility index (Phi) is 3.75. The highest BCUT2D eigenvalue weighted by molar-refractivity contribution is 6.04. The molecule has 18 heavy (non-hydrogen) atoms. The van der Waals surface area contributed by atoms with Gasteiger partial charge in [0.15, 0.2) is 0 Å². The zero-order valence-electron chi connectivity index (χ0n) is 10.3. The van der Waals surface area contributed by atoms with Crippen LogP contribution in [0.4, 0.5) is 0 Å². The molecule has 3 heteroatoms. The molecule has 0 aliphatic rings. The highest BCUT2D eigenvalue weighted by Crippen LogP contribution is 2.24. The minimum atomic E-state index is 0.541. The number of benzene rings is 2. The largest absolute Gasteiger partial charge is 0.411 e. The lowest BCUT2D eigenvalue weighted by Gasteiger charge is -2.09. The molecule has 0 heterocycles. The Hall–Kier alpha value is -2.13. The van der Waals surface area contributed by atoms with E-state index in [2.05, 4.69) is 5.16 Å². The molecule has 2 rings (SSSR count). The van der Waals surface area contributed by atoms with Gasteiger partial charge in [-0.25, -0.2) is 0 Å². The molecule has 3 nitrogen and oxygen atoms in total. The number of nitrogens with zero attached hydrogens (tertiary/aromatic N) is 1. The van der Waals surface area contributed by atoms with Gasteiger partial charge in [-0.2, -0.15) is 0 Å². The van der Waals surface area contributed by atoms with E-state index in [1.165, 1.54) is 0 Å². The summed E-state index contributed by atoms with van der Waals surface area (Å²) in [6.45, 7) is 2.33. The average Bonchev–Trinajstić information content (AvgIpc) is 2.46. The molecule has 0 atom stereocenters. The maximum atomic E-state index is 8.91. The number of oxime groups is 1. The third kappa shape index (κ3) is 2.41. The Balaban J connectivity index is 2.49. The molecule has 92 valence electrons. The normalized spacial score (nSPS) is 11.6. The van der Waals surface area contributed by atoms with Crippen LogP contribution in [0.3, 0.4) is 0 Å². The Morgan fingerprint density at radius 3 is 2.39 bits per heavy atom. The van der Waals surface area contributed by atoms with Crippen molar-refractivity contribution >= 4 is 5.71 Å². The standard InChI is InChI=1S/C15H16N2O/c1-11(17-18)14-4-2-3-5-15(14)13-8-6-12(10-16)7-9-13/h2-9,18H,10,16H2,1H3. The smallest absolute Gasteiger partial charge is 0.0843 e. The van der Waals surface area contributed by atoms with Crippen molar-refractivity contribution in [2.45, 2.75) is 13.5 Å². The first-order valence-electron chi connectivity index (χ1n) is 5.83. The molecular formula is C15H16N2O. The lowest BCUT2D eigenvalue weighted by Crippen LogP contribution is -1.98. The van der Waals surface area contributed by atoms with Gasteiger partial charge < -0.3 is 10.9 Å². The van der Waals surface area contributed by atoms with E-state index in [0.717, 1.165) is 22.3 Å². The second kappa shape index (κ2) is 5.47. The van der Waals surface area contributed by atoms with E-state index >= 15 is 0 Å². The fourth-order valence-corrected chi connectivity index (χ4v) is 1.92. The summed E-state index contributed by atoms with van der Waals surface area (Å²) >= 11 is 0. The molecule has 0 bridgehead atoms. The summed E-state index contributed by atoms with van der Waals surface area (Å²) in [5, 5.41) is 12.2. The van der Waals surface area contributed by atoms with Crippen molar-refractivity contribution in [3.8, 4) is 11.1 Å². The van der Waals surface area contributed by atoms with E-state index in [1.54, 1.807) is 6.92 Å². The summed E-state index contributed by atoms with van der Waals surface area (Å²) in [4.78, 5) is 0. The molecule has 3 N–H and O–H groups in total. The van der Waals surface area contributed by atoms with Crippen LogP contribution in [0.2, 0.25) is 0 Å². The van der Waals surface area contributed by atoms with Gasteiger partial charge >= 0.3 is 0 Å². The van der Waals surface area contributed by atoms with E-state index in [-0.39, 0.29) is 0 Å². The highest BCUT2D eigenvalue weighted by Gasteiger charge is 2.07. The topological polar surface area (TPSA) is 58.6 Å². The summed E-state index contributed by atoms with van der Waals surface area (Å²) < 4.78 is 0. The summed E-state index contributed by atoms with van der Waals surface area (Å²) in [6.07, 6.45) is 0. The van der Waals surface area contributed by atoms with Crippen LogP contribution in [0.5, 0.6) is 0 Å². The number of hydrogen-bond acceptors (Lipinski definition) is 3. The zero-order valence-corrected chi connectivity index (χ0v) is 10.3. The molecule has 0 saturated heterocycles. The fourth-order valence-electron chi connectivity index (χ4n) is 1.92. The Morgan fingerprint density at radius 1 is 1.11 bits per heavy atom. The van der Waals surface area contributed by atoms with E-state index in [0.29, 0.717) is 12.3 Å². The molecule has 2 aromatic carbocycles. The molecule has 0 spiro atoms. The maximum absolute atomic E-state index is 8.91. The second-order valence-electron chi connectivity index (χ2n) is 4.13. The van der Waals surface area contributed by atoms with Crippen LogP contribution < -0.4 is 5.73 Å². The lowest BCUT2D eigenvalue weighted by molar-refractivity contribution is 0.319. The summed E-state index contributed by atoms with van der Waals surface area (Å²) in [7, 11) is 0. The molecule has 0 aromatic heterocycles. The van der Waals surface area contributed by atoms with Gasteiger partial charge in [0.05, 0.1) is 5.71 Å². The molecular weight excluding hydrogens is 224 g/mol. The first-order chi connectivity index (χ1) is 8.76. The Morgan fingerprint density at radius 2 is 1.78 bits per heavy atom. The monoisotopic (exact) mass is 240 g/mol. The molecule has 0 aliphatic heterocycles. The number of hydrogen-bond donors (Lipinski definition) is 2. The van der Waals surface area contributed by atoms with Crippen LogP contribution in [-0.4, -0.2) is 10.9 Å². The van der Waals surface area contributed by atoms with E-state index < -0.39 is 0 Å². The van der Waals surface area contributed by atoms with Gasteiger partial charge in [-0.05, 0) is 23.6 Å². The molecule has 0 amide bonds. The first-order valence-corrected chi connectivity index (χ1v) is 5.83. The van der Waals surface area contributed by atoms with Crippen molar-refractivity contribution in [2.24, 2.45) is 10.9 Å². The van der Waals surface area contributed by atoms with Gasteiger partial charge in [-0.15, -0.1) is 0 Å². The molecule has 0 saturated carbocycles. The molecule has 0 unspecified atom stereocenters. The van der Waals surface area contributed by atoms with Crippen molar-refractivity contribution in [1.82, 2.24) is 0 Å². The first kappa shape index (κ1) is 12.3. The van der Waals surface area contributed by atoms with E-state index in [1.807, 2.05) is 48.5 Å². The minimum Gasteiger partial charge on any atom is -0.411 e. The van der Waals surface area contributed by atoms with Crippen LogP contribution in [0.25, 0.3) is 11.1 Å². The van der Waals surface area contributed by atoms with E-state index in [4.69, 9.17) is 10.9 Å². The predicted octanol–water partition coefficient (Wildman–Crippen LogP) is 3.01. The average molecular weight is 240 g/mol. The van der Waals surface area contributed by atoms with Crippen molar-refractivity contribution in [2.75, 3.05) is 0 Å². The summed E-state index contributed by atoms with van der Waals surface area (Å²) in [6, 6.07) is 16.0. The summed E-state index contributed by atoms with van der Waals surface area (Å²) in [5.41, 5.74) is 10.4. The third-order valence-electron chi connectivity index (χ3n) is 2.97. The Labute approximate surface area is 107 Å². The molecule has 0 fully saturated rings. The maximum Gasteiger partial charge on any atom is 0.0843 e. The van der Waals surface area contributed by atoms with Crippen LogP contribution in [0.1, 0.15) is 18.1 Å². The van der Waals surface area contributed by atoms with Crippen molar-refractivity contribution in [3.05, 3.63) is 59.7 Å². The second-order valence-corrected chi connectivity index (χ2v) is 4.13. The minimum absolute atomic E-state index is 0.541. The van der Waals surface area contributed by atoms with Crippen LogP contribution >= 0.6 is 0 Å². The van der Waals surface area contributed by atoms with E-state index in [9.17, 15) is 0 Å². The van der Waals surface area contributed by atoms with Gasteiger partial charge in [-0.3, -0.25) is 0 Å². The summed E-state index contributed by atoms with van der Waals surface area (Å²) in [5.74, 6) is 0. The lowest BCUT2D eigenvalue weighted by atomic mass is 9.96. The fraction of sp³-hybridized carbons (Fsp3) is 0.133. The van der Waals surface area contributed by atoms with Gasteiger partial charge in [0.1, 0.15) is 0 Å². The highest BCUT2D eigenvalue weighted by atomic mass is 16.4. The molecule has 2 aromatic rings. The third-order valence-corrected chi connectivity index (χ3v) is 2.97. The van der Waals surface area contributed by atoms with Crippen LogP contribution in [0, 0.1) is 0 Å².